The van der Waals surface area contributed by atoms with E-state index in [1.54, 1.807) is 7.11 Å². The predicted molar refractivity (Wildman–Crippen MR) is 135 cm³/mol. The van der Waals surface area contributed by atoms with E-state index in [-0.39, 0.29) is 24.3 Å². The van der Waals surface area contributed by atoms with Crippen molar-refractivity contribution in [3.8, 4) is 0 Å². The maximum Gasteiger partial charge on any atom is 0.248 e. The molecule has 34 heavy (non-hydrogen) atoms. The molecule has 1 aliphatic carbocycles. The highest BCUT2D eigenvalue weighted by Crippen LogP contribution is 2.34. The van der Waals surface area contributed by atoms with Gasteiger partial charge in [0.05, 0.1) is 0 Å². The number of nitrogens with zero attached hydrogens (tertiary/aromatic N) is 3. The molecular formula is C27H34ClN3O3. The van der Waals surface area contributed by atoms with Crippen LogP contribution in [0.1, 0.15) is 36.8 Å². The number of hydrogen-bond donors (Lipinski definition) is 0. The van der Waals surface area contributed by atoms with Gasteiger partial charge in [0.2, 0.25) is 11.8 Å². The Morgan fingerprint density at radius 1 is 0.971 bits per heavy atom. The van der Waals surface area contributed by atoms with Crippen molar-refractivity contribution < 1.29 is 14.3 Å². The first kappa shape index (κ1) is 24.7. The molecule has 0 atom stereocenters. The zero-order valence-electron chi connectivity index (χ0n) is 19.9. The molecule has 2 amide bonds. The summed E-state index contributed by atoms with van der Waals surface area (Å²) in [5, 5.41) is 0.734. The van der Waals surface area contributed by atoms with Crippen molar-refractivity contribution in [2.45, 2.75) is 38.8 Å². The first-order valence-electron chi connectivity index (χ1n) is 12.2. The lowest BCUT2D eigenvalue weighted by Crippen LogP contribution is -2.40. The minimum absolute atomic E-state index is 0.0290. The molecule has 0 radical (unpaired) electrons. The number of carbonyl (C=O) groups is 2. The Balaban J connectivity index is 1.58. The van der Waals surface area contributed by atoms with Crippen LogP contribution in [0.25, 0.3) is 0 Å². The smallest absolute Gasteiger partial charge is 0.248 e. The Bertz CT molecular complexity index is 977. The number of methoxy groups -OCH3 is 1. The summed E-state index contributed by atoms with van der Waals surface area (Å²) in [6.45, 7) is 4.42. The molecule has 0 saturated heterocycles. The summed E-state index contributed by atoms with van der Waals surface area (Å²) >= 11 is 6.07. The van der Waals surface area contributed by atoms with Gasteiger partial charge in [0.1, 0.15) is 6.61 Å². The third kappa shape index (κ3) is 6.59. The molecule has 1 aliphatic heterocycles. The molecule has 6 nitrogen and oxygen atoms in total. The van der Waals surface area contributed by atoms with Crippen molar-refractivity contribution >= 4 is 29.1 Å². The second-order valence-corrected chi connectivity index (χ2v) is 9.69. The third-order valence-corrected chi connectivity index (χ3v) is 6.79. The fraction of sp³-hybridized carbons (Fsp3) is 0.481. The van der Waals surface area contributed by atoms with Crippen LogP contribution >= 0.6 is 11.6 Å². The lowest BCUT2D eigenvalue weighted by atomic mass is 10.1. The number of fused-ring (bicyclic) bond motifs is 1. The SMILES string of the molecule is COCC(=O)N1CCCN(Cc2ccc(Cl)cc2)CCCN(C(=O)C2CC2)c2ccccc2C1. The van der Waals surface area contributed by atoms with E-state index in [2.05, 4.69) is 17.0 Å². The fourth-order valence-corrected chi connectivity index (χ4v) is 4.70. The number of carbonyl (C=O) groups excluding carboxylic acids is 2. The second-order valence-electron chi connectivity index (χ2n) is 9.25. The highest BCUT2D eigenvalue weighted by atomic mass is 35.5. The van der Waals surface area contributed by atoms with Crippen LogP contribution in [-0.4, -0.2) is 61.5 Å². The van der Waals surface area contributed by atoms with Crippen LogP contribution in [0.3, 0.4) is 0 Å². The molecule has 7 heteroatoms. The van der Waals surface area contributed by atoms with Gasteiger partial charge in [-0.2, -0.15) is 0 Å². The molecule has 0 bridgehead atoms. The molecule has 0 N–H and O–H groups in total. The van der Waals surface area contributed by atoms with Gasteiger partial charge in [-0.15, -0.1) is 0 Å². The van der Waals surface area contributed by atoms with Crippen LogP contribution in [0.15, 0.2) is 48.5 Å². The van der Waals surface area contributed by atoms with E-state index in [0.717, 1.165) is 61.6 Å². The number of benzene rings is 2. The zero-order chi connectivity index (χ0) is 23.9. The average molecular weight is 484 g/mol. The van der Waals surface area contributed by atoms with Crippen molar-refractivity contribution in [2.75, 3.05) is 44.8 Å². The van der Waals surface area contributed by atoms with Gasteiger partial charge < -0.3 is 14.5 Å². The number of halogens is 1. The number of hydrogen-bond acceptors (Lipinski definition) is 4. The highest BCUT2D eigenvalue weighted by molar-refractivity contribution is 6.30. The Morgan fingerprint density at radius 3 is 2.38 bits per heavy atom. The normalized spacial score (nSPS) is 18.1. The Labute approximate surface area is 207 Å². The summed E-state index contributed by atoms with van der Waals surface area (Å²) in [5.41, 5.74) is 3.15. The number of rotatable bonds is 5. The molecule has 1 fully saturated rings. The molecule has 1 heterocycles. The summed E-state index contributed by atoms with van der Waals surface area (Å²) in [6.07, 6.45) is 3.71. The molecule has 2 aliphatic rings. The summed E-state index contributed by atoms with van der Waals surface area (Å²) in [4.78, 5) is 32.4. The predicted octanol–water partition coefficient (Wildman–Crippen LogP) is 4.35. The van der Waals surface area contributed by atoms with E-state index in [0.29, 0.717) is 19.6 Å². The van der Waals surface area contributed by atoms with Crippen LogP contribution in [-0.2, 0) is 27.4 Å². The van der Waals surface area contributed by atoms with Crippen LogP contribution in [0.5, 0.6) is 0 Å². The summed E-state index contributed by atoms with van der Waals surface area (Å²) in [5.74, 6) is 0.319. The van der Waals surface area contributed by atoms with E-state index < -0.39 is 0 Å². The topological polar surface area (TPSA) is 53.1 Å². The van der Waals surface area contributed by atoms with Crippen LogP contribution in [0, 0.1) is 5.92 Å². The van der Waals surface area contributed by atoms with E-state index in [1.807, 2.05) is 46.2 Å². The average Bonchev–Trinajstić information content (AvgIpc) is 3.67. The third-order valence-electron chi connectivity index (χ3n) is 6.53. The molecule has 2 aromatic carbocycles. The summed E-state index contributed by atoms with van der Waals surface area (Å²) in [6, 6.07) is 16.0. The summed E-state index contributed by atoms with van der Waals surface area (Å²) < 4.78 is 5.15. The molecule has 0 aromatic heterocycles. The molecule has 4 rings (SSSR count). The maximum atomic E-state index is 13.3. The Morgan fingerprint density at radius 2 is 1.68 bits per heavy atom. The quantitative estimate of drug-likeness (QED) is 0.634. The minimum atomic E-state index is -0.0290. The molecule has 1 saturated carbocycles. The second kappa shape index (κ2) is 11.8. The van der Waals surface area contributed by atoms with Gasteiger partial charge >= 0.3 is 0 Å². The van der Waals surface area contributed by atoms with Crippen LogP contribution in [0.4, 0.5) is 5.69 Å². The van der Waals surface area contributed by atoms with E-state index in [9.17, 15) is 9.59 Å². The van der Waals surface area contributed by atoms with Gasteiger partial charge in [-0.25, -0.2) is 0 Å². The maximum absolute atomic E-state index is 13.3. The molecule has 182 valence electrons. The lowest BCUT2D eigenvalue weighted by Gasteiger charge is -2.31. The Kier molecular flexibility index (Phi) is 8.59. The van der Waals surface area contributed by atoms with E-state index in [1.165, 1.54) is 5.56 Å². The van der Waals surface area contributed by atoms with Crippen molar-refractivity contribution in [1.82, 2.24) is 9.80 Å². The van der Waals surface area contributed by atoms with Crippen molar-refractivity contribution in [3.63, 3.8) is 0 Å². The molecular weight excluding hydrogens is 450 g/mol. The van der Waals surface area contributed by atoms with Gasteiger partial charge in [-0.1, -0.05) is 41.9 Å². The lowest BCUT2D eigenvalue weighted by molar-refractivity contribution is -0.135. The number of ether oxygens (including phenoxy) is 1. The van der Waals surface area contributed by atoms with Crippen molar-refractivity contribution in [2.24, 2.45) is 5.92 Å². The largest absolute Gasteiger partial charge is 0.375 e. The zero-order valence-corrected chi connectivity index (χ0v) is 20.7. The standard InChI is InChI=1S/C27H34ClN3O3/c1-34-20-26(32)30-16-4-14-29(18-21-8-12-24(28)13-9-21)15-5-17-31(27(33)22-10-11-22)25-7-3-2-6-23(25)19-30/h2-3,6-9,12-13,22H,4-5,10-11,14-20H2,1H3. The van der Waals surface area contributed by atoms with Gasteiger partial charge in [-0.3, -0.25) is 14.5 Å². The van der Waals surface area contributed by atoms with Gasteiger partial charge in [0.15, 0.2) is 0 Å². The van der Waals surface area contributed by atoms with Crippen molar-refractivity contribution in [1.29, 1.82) is 0 Å². The van der Waals surface area contributed by atoms with Gasteiger partial charge in [0.25, 0.3) is 0 Å². The number of para-hydroxylation sites is 1. The van der Waals surface area contributed by atoms with Gasteiger partial charge in [-0.05, 0) is 55.0 Å². The van der Waals surface area contributed by atoms with Crippen LogP contribution in [0.2, 0.25) is 5.02 Å². The Hall–Kier alpha value is -2.41. The molecule has 0 spiro atoms. The first-order valence-corrected chi connectivity index (χ1v) is 12.6. The highest BCUT2D eigenvalue weighted by Gasteiger charge is 2.35. The van der Waals surface area contributed by atoms with E-state index >= 15 is 0 Å². The number of anilines is 1. The van der Waals surface area contributed by atoms with E-state index in [4.69, 9.17) is 16.3 Å². The summed E-state index contributed by atoms with van der Waals surface area (Å²) in [7, 11) is 1.55. The van der Waals surface area contributed by atoms with Gasteiger partial charge in [0, 0.05) is 63.0 Å². The van der Waals surface area contributed by atoms with Crippen LogP contribution < -0.4 is 4.90 Å². The number of amides is 2. The molecule has 0 unspecified atom stereocenters. The molecule has 2 aromatic rings. The fourth-order valence-electron chi connectivity index (χ4n) is 4.58. The monoisotopic (exact) mass is 483 g/mol. The first-order chi connectivity index (χ1) is 16.5. The van der Waals surface area contributed by atoms with Crippen molar-refractivity contribution in [3.05, 3.63) is 64.7 Å². The minimum Gasteiger partial charge on any atom is -0.375 e.